The third kappa shape index (κ3) is 5.98. The van der Waals surface area contributed by atoms with Gasteiger partial charge in [-0.05, 0) is 24.3 Å². The molecule has 2 N–H and O–H groups in total. The summed E-state index contributed by atoms with van der Waals surface area (Å²) in [7, 11) is -3.15. The van der Waals surface area contributed by atoms with Crippen molar-refractivity contribution < 1.29 is 40.1 Å². The highest BCUT2D eigenvalue weighted by Gasteiger charge is 2.35. The molecule has 8 nitrogen and oxygen atoms in total. The van der Waals surface area contributed by atoms with Gasteiger partial charge in [-0.2, -0.15) is 26.3 Å². The van der Waals surface area contributed by atoms with Crippen molar-refractivity contribution in [2.75, 3.05) is 11.6 Å². The SMILES string of the molecule is CS(=N)(=O)c1cccc(NC(=O)c2cc(C(F)(F)F)cnc2Oc2cnc(C(F)(F)F)nc2)c1. The van der Waals surface area contributed by atoms with Crippen LogP contribution in [0.5, 0.6) is 11.6 Å². The normalized spacial score (nSPS) is 13.7. The van der Waals surface area contributed by atoms with E-state index in [-0.39, 0.29) is 10.6 Å². The van der Waals surface area contributed by atoms with Crippen molar-refractivity contribution in [2.45, 2.75) is 17.2 Å². The number of nitrogens with zero attached hydrogens (tertiary/aromatic N) is 3. The summed E-state index contributed by atoms with van der Waals surface area (Å²) in [5.74, 6) is -3.67. The van der Waals surface area contributed by atoms with Crippen molar-refractivity contribution in [1.29, 1.82) is 4.78 Å². The number of carbonyl (C=O) groups is 1. The average Bonchev–Trinajstić information content (AvgIpc) is 2.72. The van der Waals surface area contributed by atoms with Crippen LogP contribution in [0, 0.1) is 4.78 Å². The van der Waals surface area contributed by atoms with E-state index in [1.54, 1.807) is 0 Å². The van der Waals surface area contributed by atoms with Crippen LogP contribution in [0.25, 0.3) is 0 Å². The van der Waals surface area contributed by atoms with Gasteiger partial charge >= 0.3 is 12.4 Å². The van der Waals surface area contributed by atoms with E-state index in [0.717, 1.165) is 6.26 Å². The summed E-state index contributed by atoms with van der Waals surface area (Å²) >= 11 is 0. The van der Waals surface area contributed by atoms with Gasteiger partial charge in [0.2, 0.25) is 11.7 Å². The van der Waals surface area contributed by atoms with Crippen LogP contribution >= 0.6 is 0 Å². The fraction of sp³-hybridized carbons (Fsp3) is 0.158. The van der Waals surface area contributed by atoms with Gasteiger partial charge in [-0.15, -0.1) is 0 Å². The number of halogens is 6. The zero-order valence-corrected chi connectivity index (χ0v) is 17.7. The molecule has 3 aromatic rings. The molecule has 0 saturated carbocycles. The molecule has 0 saturated heterocycles. The van der Waals surface area contributed by atoms with Gasteiger partial charge in [0, 0.05) is 23.0 Å². The van der Waals surface area contributed by atoms with Crippen LogP contribution in [0.15, 0.2) is 53.8 Å². The number of rotatable bonds is 5. The first-order valence-electron chi connectivity index (χ1n) is 8.94. The van der Waals surface area contributed by atoms with Crippen LogP contribution in [-0.4, -0.2) is 31.3 Å². The molecule has 1 amide bonds. The van der Waals surface area contributed by atoms with Crippen molar-refractivity contribution >= 4 is 21.3 Å². The number of anilines is 1. The van der Waals surface area contributed by atoms with Crippen molar-refractivity contribution in [2.24, 2.45) is 0 Å². The quantitative estimate of drug-likeness (QED) is 0.472. The number of nitrogens with one attached hydrogen (secondary N) is 2. The first-order valence-corrected chi connectivity index (χ1v) is 10.9. The molecule has 2 aromatic heterocycles. The maximum atomic E-state index is 13.2. The van der Waals surface area contributed by atoms with E-state index in [9.17, 15) is 35.3 Å². The van der Waals surface area contributed by atoms with Gasteiger partial charge in [0.05, 0.1) is 27.7 Å². The van der Waals surface area contributed by atoms with E-state index in [1.165, 1.54) is 24.3 Å². The van der Waals surface area contributed by atoms with Crippen LogP contribution in [0.3, 0.4) is 0 Å². The van der Waals surface area contributed by atoms with Gasteiger partial charge in [-0.1, -0.05) is 6.07 Å². The molecule has 15 heteroatoms. The molecule has 0 aliphatic heterocycles. The third-order valence-corrected chi connectivity index (χ3v) is 5.21. The zero-order valence-electron chi connectivity index (χ0n) is 16.9. The highest BCUT2D eigenvalue weighted by Crippen LogP contribution is 2.33. The van der Waals surface area contributed by atoms with Gasteiger partial charge in [0.1, 0.15) is 5.56 Å². The molecule has 0 aliphatic carbocycles. The number of carbonyl (C=O) groups excluding carboxylic acids is 1. The predicted octanol–water partition coefficient (Wildman–Crippen LogP) is 4.99. The molecular formula is C19H13F6N5O3S. The number of hydrogen-bond donors (Lipinski definition) is 2. The highest BCUT2D eigenvalue weighted by molar-refractivity contribution is 7.91. The molecule has 1 aromatic carbocycles. The molecule has 0 spiro atoms. The lowest BCUT2D eigenvalue weighted by atomic mass is 10.1. The van der Waals surface area contributed by atoms with Gasteiger partial charge in [-0.3, -0.25) is 4.79 Å². The molecule has 1 atom stereocenters. The smallest absolute Gasteiger partial charge is 0.435 e. The molecule has 34 heavy (non-hydrogen) atoms. The van der Waals surface area contributed by atoms with Crippen LogP contribution in [0.2, 0.25) is 0 Å². The van der Waals surface area contributed by atoms with Crippen molar-refractivity contribution in [3.05, 3.63) is 65.9 Å². The molecule has 0 fully saturated rings. The lowest BCUT2D eigenvalue weighted by Crippen LogP contribution is -2.16. The minimum absolute atomic E-state index is 0.0190. The van der Waals surface area contributed by atoms with E-state index < -0.39 is 56.6 Å². The molecule has 180 valence electrons. The predicted molar refractivity (Wildman–Crippen MR) is 106 cm³/mol. The minimum atomic E-state index is -4.86. The van der Waals surface area contributed by atoms with Crippen molar-refractivity contribution in [1.82, 2.24) is 15.0 Å². The van der Waals surface area contributed by atoms with E-state index >= 15 is 0 Å². The molecule has 2 heterocycles. The first-order chi connectivity index (χ1) is 15.6. The number of amides is 1. The summed E-state index contributed by atoms with van der Waals surface area (Å²) in [5, 5.41) is 2.29. The Morgan fingerprint density at radius 3 is 2.21 bits per heavy atom. The Morgan fingerprint density at radius 2 is 1.65 bits per heavy atom. The Kier molecular flexibility index (Phi) is 6.50. The fourth-order valence-corrected chi connectivity index (χ4v) is 3.18. The number of pyridine rings is 1. The fourth-order valence-electron chi connectivity index (χ4n) is 2.49. The lowest BCUT2D eigenvalue weighted by Gasteiger charge is -2.14. The Hall–Kier alpha value is -3.75. The summed E-state index contributed by atoms with van der Waals surface area (Å²) < 4.78 is 102. The van der Waals surface area contributed by atoms with Gasteiger partial charge in [-0.25, -0.2) is 23.9 Å². The Morgan fingerprint density at radius 1 is 1.00 bits per heavy atom. The van der Waals surface area contributed by atoms with Crippen LogP contribution < -0.4 is 10.1 Å². The maximum Gasteiger partial charge on any atom is 0.451 e. The molecule has 0 aliphatic rings. The van der Waals surface area contributed by atoms with Crippen LogP contribution in [0.4, 0.5) is 32.0 Å². The van der Waals surface area contributed by atoms with E-state index in [2.05, 4.69) is 20.3 Å². The molecule has 1 unspecified atom stereocenters. The number of aromatic nitrogens is 3. The minimum Gasteiger partial charge on any atom is -0.435 e. The number of benzene rings is 1. The zero-order chi connectivity index (χ0) is 25.3. The number of ether oxygens (including phenoxy) is 1. The van der Waals surface area contributed by atoms with Gasteiger partial charge in [0.25, 0.3) is 5.91 Å². The second-order valence-electron chi connectivity index (χ2n) is 6.74. The molecule has 3 rings (SSSR count). The van der Waals surface area contributed by atoms with E-state index in [0.29, 0.717) is 24.7 Å². The van der Waals surface area contributed by atoms with Gasteiger partial charge < -0.3 is 10.1 Å². The molecule has 0 bridgehead atoms. The third-order valence-electron chi connectivity index (χ3n) is 4.06. The number of alkyl halides is 6. The molecular weight excluding hydrogens is 492 g/mol. The monoisotopic (exact) mass is 505 g/mol. The number of hydrogen-bond acceptors (Lipinski definition) is 7. The summed E-state index contributed by atoms with van der Waals surface area (Å²) in [6, 6.07) is 5.75. The van der Waals surface area contributed by atoms with E-state index in [4.69, 9.17) is 9.52 Å². The summed E-state index contributed by atoms with van der Waals surface area (Å²) in [6.07, 6.45) is -6.94. The maximum absolute atomic E-state index is 13.2. The summed E-state index contributed by atoms with van der Waals surface area (Å²) in [5.41, 5.74) is -1.97. The summed E-state index contributed by atoms with van der Waals surface area (Å²) in [6.45, 7) is 0. The standard InChI is InChI=1S/C19H13F6N5O3S/c1-34(26,32)13-4-2-3-11(6-13)30-15(31)14-5-10(18(20,21)22)7-27-16(14)33-12-8-28-17(29-9-12)19(23,24)25/h2-9,26H,1H3,(H,30,31). The summed E-state index contributed by atoms with van der Waals surface area (Å²) in [4.78, 5) is 22.4. The van der Waals surface area contributed by atoms with E-state index in [1.807, 2.05) is 0 Å². The second-order valence-corrected chi connectivity index (χ2v) is 8.90. The van der Waals surface area contributed by atoms with Crippen molar-refractivity contribution in [3.63, 3.8) is 0 Å². The van der Waals surface area contributed by atoms with Crippen LogP contribution in [-0.2, 0) is 22.1 Å². The van der Waals surface area contributed by atoms with Gasteiger partial charge in [0.15, 0.2) is 5.75 Å². The lowest BCUT2D eigenvalue weighted by molar-refractivity contribution is -0.145. The highest BCUT2D eigenvalue weighted by atomic mass is 32.2. The van der Waals surface area contributed by atoms with Crippen molar-refractivity contribution in [3.8, 4) is 11.6 Å². The Balaban J connectivity index is 1.97. The second kappa shape index (κ2) is 8.89. The van der Waals surface area contributed by atoms with Crippen LogP contribution in [0.1, 0.15) is 21.7 Å². The largest absolute Gasteiger partial charge is 0.451 e. The first kappa shape index (κ1) is 24.9. The molecule has 0 radical (unpaired) electrons. The Bertz CT molecular complexity index is 1330. The Labute approximate surface area is 188 Å². The average molecular weight is 505 g/mol. The topological polar surface area (TPSA) is 118 Å².